The van der Waals surface area contributed by atoms with E-state index in [2.05, 4.69) is 49.7 Å². The van der Waals surface area contributed by atoms with E-state index in [-0.39, 0.29) is 5.54 Å². The molecule has 1 N–H and O–H groups in total. The van der Waals surface area contributed by atoms with Crippen LogP contribution in [-0.2, 0) is 0 Å². The molecule has 0 spiro atoms. The van der Waals surface area contributed by atoms with Crippen LogP contribution in [0.4, 0.5) is 0 Å². The lowest BCUT2D eigenvalue weighted by Gasteiger charge is -2.51. The molecule has 1 unspecified atom stereocenters. The standard InChI is InChI=1S/C35H73N3/c1-6-9-12-15-18-20-23-26-32-38(33-27-24-21-19-16-13-10-7-2)35(4,5)34-36-29-28-31-37(34)30-25-22-17-14-11-8-3/h34,36H,6-33H2,1-5H3. The fourth-order valence-electron chi connectivity index (χ4n) is 6.55. The Morgan fingerprint density at radius 3 is 1.42 bits per heavy atom. The first-order valence-electron chi connectivity index (χ1n) is 17.8. The number of nitrogens with one attached hydrogen (secondary N) is 1. The van der Waals surface area contributed by atoms with E-state index in [1.54, 1.807) is 0 Å². The van der Waals surface area contributed by atoms with Crippen molar-refractivity contribution in [2.45, 2.75) is 194 Å². The number of rotatable bonds is 27. The molecule has 38 heavy (non-hydrogen) atoms. The molecule has 1 heterocycles. The average Bonchev–Trinajstić information content (AvgIpc) is 2.92. The highest BCUT2D eigenvalue weighted by Crippen LogP contribution is 2.26. The van der Waals surface area contributed by atoms with E-state index in [4.69, 9.17) is 0 Å². The fourth-order valence-corrected chi connectivity index (χ4v) is 6.55. The molecule has 0 bridgehead atoms. The quantitative estimate of drug-likeness (QED) is 0.106. The van der Waals surface area contributed by atoms with Gasteiger partial charge < -0.3 is 5.32 Å². The van der Waals surface area contributed by atoms with Crippen molar-refractivity contribution in [1.29, 1.82) is 0 Å². The lowest BCUT2D eigenvalue weighted by atomic mass is 9.93. The van der Waals surface area contributed by atoms with Crippen molar-refractivity contribution in [3.05, 3.63) is 0 Å². The van der Waals surface area contributed by atoms with Crippen molar-refractivity contribution in [2.24, 2.45) is 0 Å². The zero-order valence-corrected chi connectivity index (χ0v) is 27.3. The smallest absolute Gasteiger partial charge is 0.0781 e. The Morgan fingerprint density at radius 2 is 0.974 bits per heavy atom. The van der Waals surface area contributed by atoms with Crippen LogP contribution in [0.1, 0.15) is 182 Å². The predicted molar refractivity (Wildman–Crippen MR) is 172 cm³/mol. The normalized spacial score (nSPS) is 17.1. The summed E-state index contributed by atoms with van der Waals surface area (Å²) in [5, 5.41) is 4.00. The second-order valence-electron chi connectivity index (χ2n) is 13.1. The molecule has 0 saturated carbocycles. The molecule has 0 amide bonds. The van der Waals surface area contributed by atoms with Gasteiger partial charge >= 0.3 is 0 Å². The molecule has 0 aromatic heterocycles. The number of nitrogens with zero attached hydrogens (tertiary/aromatic N) is 2. The van der Waals surface area contributed by atoms with Crippen LogP contribution in [0.3, 0.4) is 0 Å². The predicted octanol–water partition coefficient (Wildman–Crippen LogP) is 10.3. The zero-order chi connectivity index (χ0) is 27.7. The van der Waals surface area contributed by atoms with Crippen LogP contribution in [0.2, 0.25) is 0 Å². The molecule has 1 saturated heterocycles. The lowest BCUT2D eigenvalue weighted by molar-refractivity contribution is -0.0158. The largest absolute Gasteiger partial charge is 0.300 e. The lowest BCUT2D eigenvalue weighted by Crippen LogP contribution is -2.67. The summed E-state index contributed by atoms with van der Waals surface area (Å²) >= 11 is 0. The van der Waals surface area contributed by atoms with Gasteiger partial charge in [0.1, 0.15) is 0 Å². The topological polar surface area (TPSA) is 18.5 Å². The monoisotopic (exact) mass is 536 g/mol. The third-order valence-corrected chi connectivity index (χ3v) is 9.17. The molecule has 1 fully saturated rings. The molecule has 228 valence electrons. The Hall–Kier alpha value is -0.120. The Labute approximate surface area is 241 Å². The molecule has 3 heteroatoms. The highest BCUT2D eigenvalue weighted by atomic mass is 15.4. The molecular formula is C35H73N3. The Kier molecular flexibility index (Phi) is 23.3. The van der Waals surface area contributed by atoms with Crippen molar-refractivity contribution in [2.75, 3.05) is 32.7 Å². The zero-order valence-electron chi connectivity index (χ0n) is 27.3. The molecular weight excluding hydrogens is 462 g/mol. The first-order valence-corrected chi connectivity index (χ1v) is 17.8. The highest BCUT2D eigenvalue weighted by molar-refractivity contribution is 4.95. The molecule has 0 aromatic carbocycles. The van der Waals surface area contributed by atoms with Crippen LogP contribution >= 0.6 is 0 Å². The van der Waals surface area contributed by atoms with Crippen LogP contribution in [0.15, 0.2) is 0 Å². The van der Waals surface area contributed by atoms with Gasteiger partial charge in [-0.25, -0.2) is 0 Å². The van der Waals surface area contributed by atoms with Crippen LogP contribution in [0, 0.1) is 0 Å². The summed E-state index contributed by atoms with van der Waals surface area (Å²) in [6.07, 6.45) is 32.8. The molecule has 0 radical (unpaired) electrons. The maximum atomic E-state index is 4.00. The summed E-state index contributed by atoms with van der Waals surface area (Å²) in [6.45, 7) is 18.4. The van der Waals surface area contributed by atoms with Crippen molar-refractivity contribution in [3.63, 3.8) is 0 Å². The van der Waals surface area contributed by atoms with E-state index >= 15 is 0 Å². The number of hydrogen-bond donors (Lipinski definition) is 1. The minimum absolute atomic E-state index is 0.185. The van der Waals surface area contributed by atoms with Crippen LogP contribution in [0.25, 0.3) is 0 Å². The summed E-state index contributed by atoms with van der Waals surface area (Å²) in [6, 6.07) is 0. The van der Waals surface area contributed by atoms with Gasteiger partial charge in [0.25, 0.3) is 0 Å². The van der Waals surface area contributed by atoms with Gasteiger partial charge in [-0.3, -0.25) is 9.80 Å². The van der Waals surface area contributed by atoms with Crippen molar-refractivity contribution >= 4 is 0 Å². The van der Waals surface area contributed by atoms with Crippen LogP contribution < -0.4 is 5.32 Å². The maximum absolute atomic E-state index is 4.00. The number of unbranched alkanes of at least 4 members (excludes halogenated alkanes) is 19. The van der Waals surface area contributed by atoms with E-state index in [1.807, 2.05) is 0 Å². The second-order valence-corrected chi connectivity index (χ2v) is 13.1. The van der Waals surface area contributed by atoms with E-state index in [0.29, 0.717) is 6.17 Å². The SMILES string of the molecule is CCCCCCCCCCN(CCCCCCCCCC)C(C)(C)C1NCCCN1CCCCCCCC. The van der Waals surface area contributed by atoms with Gasteiger partial charge in [-0.15, -0.1) is 0 Å². The van der Waals surface area contributed by atoms with Crippen molar-refractivity contribution in [3.8, 4) is 0 Å². The minimum Gasteiger partial charge on any atom is -0.300 e. The number of hydrogen-bond acceptors (Lipinski definition) is 3. The molecule has 3 nitrogen and oxygen atoms in total. The van der Waals surface area contributed by atoms with E-state index < -0.39 is 0 Å². The van der Waals surface area contributed by atoms with Gasteiger partial charge in [-0.05, 0) is 65.7 Å². The van der Waals surface area contributed by atoms with Crippen LogP contribution in [0.5, 0.6) is 0 Å². The summed E-state index contributed by atoms with van der Waals surface area (Å²) in [4.78, 5) is 5.72. The van der Waals surface area contributed by atoms with E-state index in [9.17, 15) is 0 Å². The molecule has 1 aliphatic rings. The molecule has 0 aliphatic carbocycles. The third kappa shape index (κ3) is 16.9. The van der Waals surface area contributed by atoms with E-state index in [1.165, 1.54) is 180 Å². The van der Waals surface area contributed by atoms with Crippen molar-refractivity contribution < 1.29 is 0 Å². The summed E-state index contributed by atoms with van der Waals surface area (Å²) in [5.74, 6) is 0. The van der Waals surface area contributed by atoms with Gasteiger partial charge in [0.05, 0.1) is 6.17 Å². The third-order valence-electron chi connectivity index (χ3n) is 9.17. The average molecular weight is 536 g/mol. The van der Waals surface area contributed by atoms with Gasteiger partial charge in [0.2, 0.25) is 0 Å². The molecule has 1 atom stereocenters. The van der Waals surface area contributed by atoms with Gasteiger partial charge in [-0.2, -0.15) is 0 Å². The summed E-state index contributed by atoms with van der Waals surface area (Å²) in [7, 11) is 0. The summed E-state index contributed by atoms with van der Waals surface area (Å²) < 4.78 is 0. The Bertz CT molecular complexity index is 472. The Balaban J connectivity index is 2.59. The fraction of sp³-hybridized carbons (Fsp3) is 1.00. The van der Waals surface area contributed by atoms with E-state index in [0.717, 1.165) is 0 Å². The molecule has 0 aromatic rings. The molecule has 1 aliphatic heterocycles. The van der Waals surface area contributed by atoms with Gasteiger partial charge in [-0.1, -0.05) is 143 Å². The van der Waals surface area contributed by atoms with Crippen molar-refractivity contribution in [1.82, 2.24) is 15.1 Å². The Morgan fingerprint density at radius 1 is 0.579 bits per heavy atom. The highest BCUT2D eigenvalue weighted by Gasteiger charge is 2.39. The maximum Gasteiger partial charge on any atom is 0.0781 e. The second kappa shape index (κ2) is 24.7. The minimum atomic E-state index is 0.185. The van der Waals surface area contributed by atoms with Gasteiger partial charge in [0, 0.05) is 12.1 Å². The first kappa shape index (κ1) is 35.9. The summed E-state index contributed by atoms with van der Waals surface area (Å²) in [5.41, 5.74) is 0.185. The first-order chi connectivity index (χ1) is 18.6. The van der Waals surface area contributed by atoms with Gasteiger partial charge in [0.15, 0.2) is 0 Å². The molecule has 1 rings (SSSR count). The van der Waals surface area contributed by atoms with Crippen LogP contribution in [-0.4, -0.2) is 54.2 Å².